The molecule has 1 saturated heterocycles. The molecule has 0 atom stereocenters. The molecular weight excluding hydrogens is 313 g/mol. The van der Waals surface area contributed by atoms with Crippen molar-refractivity contribution in [2.75, 3.05) is 44.2 Å². The molecule has 0 N–H and O–H groups in total. The molecule has 0 saturated carbocycles. The van der Waals surface area contributed by atoms with E-state index in [1.165, 1.54) is 11.8 Å². The second kappa shape index (κ2) is 8.77. The van der Waals surface area contributed by atoms with Crippen LogP contribution in [0.25, 0.3) is 11.1 Å². The van der Waals surface area contributed by atoms with E-state index in [9.17, 15) is 4.39 Å². The van der Waals surface area contributed by atoms with E-state index in [0.717, 1.165) is 56.8 Å². The third kappa shape index (κ3) is 4.89. The molecule has 1 heterocycles. The monoisotopic (exact) mass is 339 g/mol. The van der Waals surface area contributed by atoms with Crippen molar-refractivity contribution in [3.05, 3.63) is 54.3 Å². The summed E-state index contributed by atoms with van der Waals surface area (Å²) in [5.41, 5.74) is 3.20. The van der Waals surface area contributed by atoms with Gasteiger partial charge in [-0.1, -0.05) is 31.2 Å². The molecule has 0 aliphatic carbocycles. The topological polar surface area (TPSA) is 18.8 Å². The number of anilines is 1. The average Bonchev–Trinajstić information content (AvgIpc) is 2.66. The summed E-state index contributed by atoms with van der Waals surface area (Å²) in [6.07, 6.45) is 3.16. The third-order valence-electron chi connectivity index (χ3n) is 4.58. The third-order valence-corrected chi connectivity index (χ3v) is 4.58. The first-order chi connectivity index (χ1) is 12.3. The van der Waals surface area contributed by atoms with Crippen LogP contribution >= 0.6 is 0 Å². The second-order valence-electron chi connectivity index (χ2n) is 6.43. The van der Waals surface area contributed by atoms with Crippen LogP contribution in [0, 0.1) is 5.82 Å². The van der Waals surface area contributed by atoms with Crippen molar-refractivity contribution in [2.45, 2.75) is 13.3 Å². The normalized spacial score (nSPS) is 15.8. The number of hydrogen-bond donors (Lipinski definition) is 0. The fourth-order valence-corrected chi connectivity index (χ4v) is 3.11. The molecule has 0 aromatic heterocycles. The Morgan fingerprint density at radius 2 is 1.76 bits per heavy atom. The van der Waals surface area contributed by atoms with Gasteiger partial charge < -0.3 is 4.90 Å². The Morgan fingerprint density at radius 1 is 1.00 bits per heavy atom. The Hall–Kier alpha value is -2.20. The van der Waals surface area contributed by atoms with Gasteiger partial charge in [0.1, 0.15) is 5.82 Å². The maximum atomic E-state index is 13.4. The zero-order chi connectivity index (χ0) is 17.5. The molecule has 0 unspecified atom stereocenters. The second-order valence-corrected chi connectivity index (χ2v) is 6.43. The van der Waals surface area contributed by atoms with Crippen molar-refractivity contribution in [3.8, 4) is 11.1 Å². The van der Waals surface area contributed by atoms with Gasteiger partial charge in [-0.15, -0.1) is 0 Å². The predicted molar refractivity (Wildman–Crippen MR) is 104 cm³/mol. The van der Waals surface area contributed by atoms with Crippen LogP contribution in [-0.4, -0.2) is 50.4 Å². The zero-order valence-corrected chi connectivity index (χ0v) is 14.9. The summed E-state index contributed by atoms with van der Waals surface area (Å²) in [6.45, 7) is 8.20. The van der Waals surface area contributed by atoms with Gasteiger partial charge in [0.25, 0.3) is 0 Å². The minimum Gasteiger partial charge on any atom is -0.369 e. The molecule has 3 nitrogen and oxygen atoms in total. The van der Waals surface area contributed by atoms with Crippen molar-refractivity contribution in [1.82, 2.24) is 4.90 Å². The lowest BCUT2D eigenvalue weighted by Crippen LogP contribution is -2.46. The molecule has 1 aliphatic heterocycles. The molecule has 25 heavy (non-hydrogen) atoms. The fraction of sp³-hybridized carbons (Fsp3) is 0.381. The van der Waals surface area contributed by atoms with Crippen LogP contribution < -0.4 is 4.90 Å². The molecule has 4 heteroatoms. The SMILES string of the molecule is CCCN=CCN1CCN(c2ccc(-c3cccc(F)c3)cc2)CC1. The van der Waals surface area contributed by atoms with Crippen molar-refractivity contribution in [1.29, 1.82) is 0 Å². The smallest absolute Gasteiger partial charge is 0.123 e. The van der Waals surface area contributed by atoms with Crippen LogP contribution in [-0.2, 0) is 0 Å². The summed E-state index contributed by atoms with van der Waals surface area (Å²) in [6, 6.07) is 15.2. The van der Waals surface area contributed by atoms with E-state index in [4.69, 9.17) is 0 Å². The van der Waals surface area contributed by atoms with Gasteiger partial charge in [-0.3, -0.25) is 9.89 Å². The Morgan fingerprint density at radius 3 is 2.44 bits per heavy atom. The lowest BCUT2D eigenvalue weighted by atomic mass is 10.0. The van der Waals surface area contributed by atoms with Crippen molar-refractivity contribution in [2.24, 2.45) is 4.99 Å². The standard InChI is InChI=1S/C21H26FN3/c1-2-10-23-11-12-24-13-15-25(16-14-24)21-8-6-18(7-9-21)19-4-3-5-20(22)17-19/h3-9,11,17H,2,10,12-16H2,1H3. The maximum absolute atomic E-state index is 13.4. The molecule has 2 aromatic carbocycles. The number of halogens is 1. The lowest BCUT2D eigenvalue weighted by molar-refractivity contribution is 0.293. The fourth-order valence-electron chi connectivity index (χ4n) is 3.11. The van der Waals surface area contributed by atoms with E-state index in [2.05, 4.69) is 46.0 Å². The Bertz CT molecular complexity index is 689. The van der Waals surface area contributed by atoms with E-state index in [0.29, 0.717) is 0 Å². The Balaban J connectivity index is 1.55. The van der Waals surface area contributed by atoms with Crippen molar-refractivity contribution >= 4 is 11.9 Å². The van der Waals surface area contributed by atoms with Crippen LogP contribution in [0.15, 0.2) is 53.5 Å². The minimum absolute atomic E-state index is 0.194. The van der Waals surface area contributed by atoms with E-state index < -0.39 is 0 Å². The first-order valence-corrected chi connectivity index (χ1v) is 9.08. The molecule has 0 amide bonds. The van der Waals surface area contributed by atoms with Crippen LogP contribution in [0.5, 0.6) is 0 Å². The summed E-state index contributed by atoms with van der Waals surface area (Å²) in [5, 5.41) is 0. The van der Waals surface area contributed by atoms with Gasteiger partial charge in [0, 0.05) is 51.2 Å². The van der Waals surface area contributed by atoms with Gasteiger partial charge >= 0.3 is 0 Å². The highest BCUT2D eigenvalue weighted by Crippen LogP contribution is 2.24. The van der Waals surface area contributed by atoms with Crippen LogP contribution in [0.3, 0.4) is 0 Å². The zero-order valence-electron chi connectivity index (χ0n) is 14.9. The van der Waals surface area contributed by atoms with Gasteiger partial charge in [-0.2, -0.15) is 0 Å². The molecule has 1 aliphatic rings. The number of nitrogens with zero attached hydrogens (tertiary/aromatic N) is 3. The number of rotatable bonds is 6. The molecule has 0 radical (unpaired) electrons. The molecule has 132 valence electrons. The van der Waals surface area contributed by atoms with E-state index >= 15 is 0 Å². The summed E-state index contributed by atoms with van der Waals surface area (Å²) in [7, 11) is 0. The summed E-state index contributed by atoms with van der Waals surface area (Å²) in [4.78, 5) is 9.25. The molecule has 0 bridgehead atoms. The number of benzene rings is 2. The molecule has 3 rings (SSSR count). The predicted octanol–water partition coefficient (Wildman–Crippen LogP) is 4.10. The number of aliphatic imine (C=N–C) groups is 1. The van der Waals surface area contributed by atoms with E-state index in [1.54, 1.807) is 12.1 Å². The highest BCUT2D eigenvalue weighted by Gasteiger charge is 2.16. The first kappa shape index (κ1) is 17.6. The summed E-state index contributed by atoms with van der Waals surface area (Å²) < 4.78 is 13.4. The minimum atomic E-state index is -0.194. The molecular formula is C21H26FN3. The molecule has 1 fully saturated rings. The van der Waals surface area contributed by atoms with E-state index in [-0.39, 0.29) is 5.82 Å². The average molecular weight is 339 g/mol. The first-order valence-electron chi connectivity index (χ1n) is 9.08. The van der Waals surface area contributed by atoms with Crippen molar-refractivity contribution < 1.29 is 4.39 Å². The van der Waals surface area contributed by atoms with Gasteiger partial charge in [-0.05, 0) is 41.8 Å². The van der Waals surface area contributed by atoms with Gasteiger partial charge in [0.05, 0.1) is 0 Å². The number of hydrogen-bond acceptors (Lipinski definition) is 3. The highest BCUT2D eigenvalue weighted by atomic mass is 19.1. The van der Waals surface area contributed by atoms with Crippen LogP contribution in [0.4, 0.5) is 10.1 Å². The van der Waals surface area contributed by atoms with E-state index in [1.807, 2.05) is 12.3 Å². The highest BCUT2D eigenvalue weighted by molar-refractivity contribution is 5.66. The Labute approximate surface area is 149 Å². The number of piperazine rings is 1. The van der Waals surface area contributed by atoms with Gasteiger partial charge in [-0.25, -0.2) is 4.39 Å². The summed E-state index contributed by atoms with van der Waals surface area (Å²) >= 11 is 0. The van der Waals surface area contributed by atoms with Crippen LogP contribution in [0.2, 0.25) is 0 Å². The maximum Gasteiger partial charge on any atom is 0.123 e. The quantitative estimate of drug-likeness (QED) is 0.738. The largest absolute Gasteiger partial charge is 0.369 e. The molecule has 0 spiro atoms. The van der Waals surface area contributed by atoms with Crippen molar-refractivity contribution in [3.63, 3.8) is 0 Å². The summed E-state index contributed by atoms with van der Waals surface area (Å²) in [5.74, 6) is -0.194. The van der Waals surface area contributed by atoms with Crippen LogP contribution in [0.1, 0.15) is 13.3 Å². The lowest BCUT2D eigenvalue weighted by Gasteiger charge is -2.35. The van der Waals surface area contributed by atoms with Gasteiger partial charge in [0.2, 0.25) is 0 Å². The van der Waals surface area contributed by atoms with Gasteiger partial charge in [0.15, 0.2) is 0 Å². The Kier molecular flexibility index (Phi) is 6.18. The molecule has 2 aromatic rings.